The minimum absolute atomic E-state index is 0.0105. The zero-order chi connectivity index (χ0) is 19.5. The number of carbonyl (C=O) groups is 1. The van der Waals surface area contributed by atoms with Gasteiger partial charge in [0.05, 0.1) is 18.2 Å². The van der Waals surface area contributed by atoms with Crippen molar-refractivity contribution in [2.24, 2.45) is 12.5 Å². The average molecular weight is 375 g/mol. The highest BCUT2D eigenvalue weighted by Crippen LogP contribution is 2.28. The van der Waals surface area contributed by atoms with Gasteiger partial charge in [0.25, 0.3) is 5.56 Å². The summed E-state index contributed by atoms with van der Waals surface area (Å²) in [6, 6.07) is 5.52. The lowest BCUT2D eigenvalue weighted by molar-refractivity contribution is -0.120. The van der Waals surface area contributed by atoms with Crippen molar-refractivity contribution in [2.45, 2.75) is 27.7 Å². The maximum atomic E-state index is 12.5. The van der Waals surface area contributed by atoms with E-state index in [2.05, 4.69) is 0 Å². The van der Waals surface area contributed by atoms with Crippen LogP contribution in [0.1, 0.15) is 33.3 Å². The Bertz CT molecular complexity index is 977. The Kier molecular flexibility index (Phi) is 6.08. The van der Waals surface area contributed by atoms with Crippen LogP contribution < -0.4 is 24.2 Å². The van der Waals surface area contributed by atoms with E-state index in [9.17, 15) is 9.59 Å². The summed E-state index contributed by atoms with van der Waals surface area (Å²) >= 11 is 1.30. The van der Waals surface area contributed by atoms with Crippen molar-refractivity contribution < 1.29 is 14.3 Å². The third-order valence-electron chi connectivity index (χ3n) is 3.84. The standard InChI is InChI=1S/C20H25NO4S/c1-7-25-14-9-8-13(10-15(14)24-6)11-16-19(23)21(5)18(26-16)12-17(22)20(2,3)4/h8-12H,7H2,1-6H3/b16-11-,18-12-. The fourth-order valence-electron chi connectivity index (χ4n) is 2.24. The van der Waals surface area contributed by atoms with Crippen molar-refractivity contribution in [2.75, 3.05) is 13.7 Å². The van der Waals surface area contributed by atoms with Gasteiger partial charge in [-0.15, -0.1) is 11.3 Å². The van der Waals surface area contributed by atoms with Crippen LogP contribution in [0.3, 0.4) is 0 Å². The topological polar surface area (TPSA) is 57.5 Å². The number of rotatable bonds is 5. The fourth-order valence-corrected chi connectivity index (χ4v) is 3.27. The first-order chi connectivity index (χ1) is 12.2. The van der Waals surface area contributed by atoms with E-state index in [0.29, 0.717) is 27.3 Å². The smallest absolute Gasteiger partial charge is 0.268 e. The molecule has 6 heteroatoms. The van der Waals surface area contributed by atoms with Gasteiger partial charge in [-0.25, -0.2) is 0 Å². The molecule has 0 atom stereocenters. The number of hydrogen-bond donors (Lipinski definition) is 0. The first-order valence-corrected chi connectivity index (χ1v) is 9.23. The second-order valence-corrected chi connectivity index (χ2v) is 7.98. The monoisotopic (exact) mass is 375 g/mol. The Hall–Kier alpha value is -2.34. The quantitative estimate of drug-likeness (QED) is 0.803. The molecule has 0 saturated carbocycles. The van der Waals surface area contributed by atoms with E-state index >= 15 is 0 Å². The summed E-state index contributed by atoms with van der Waals surface area (Å²) in [7, 11) is 3.26. The summed E-state index contributed by atoms with van der Waals surface area (Å²) < 4.78 is 13.6. The highest BCUT2D eigenvalue weighted by Gasteiger charge is 2.19. The van der Waals surface area contributed by atoms with E-state index in [1.807, 2.05) is 45.9 Å². The molecule has 0 aliphatic carbocycles. The van der Waals surface area contributed by atoms with Crippen LogP contribution in [0.25, 0.3) is 12.2 Å². The zero-order valence-corrected chi connectivity index (χ0v) is 16.9. The molecule has 0 fully saturated rings. The van der Waals surface area contributed by atoms with Crippen molar-refractivity contribution >= 4 is 29.3 Å². The number of Topliss-reactive ketones (excluding diaryl/α,β-unsaturated/α-hetero) is 1. The molecule has 0 spiro atoms. The predicted molar refractivity (Wildman–Crippen MR) is 105 cm³/mol. The van der Waals surface area contributed by atoms with Crippen LogP contribution in [-0.4, -0.2) is 24.1 Å². The van der Waals surface area contributed by atoms with Gasteiger partial charge in [0, 0.05) is 18.5 Å². The SMILES string of the molecule is CCOc1ccc(/C=c2\s/c(=C\C(=O)C(C)(C)C)n(C)c2=O)cc1OC. The van der Waals surface area contributed by atoms with Gasteiger partial charge >= 0.3 is 0 Å². The van der Waals surface area contributed by atoms with E-state index in [1.54, 1.807) is 26.3 Å². The molecule has 0 N–H and O–H groups in total. The molecule has 5 nitrogen and oxygen atoms in total. The van der Waals surface area contributed by atoms with Crippen LogP contribution >= 0.6 is 11.3 Å². The molecule has 1 aromatic carbocycles. The molecule has 0 radical (unpaired) electrons. The summed E-state index contributed by atoms with van der Waals surface area (Å²) in [5, 5.41) is 0. The Morgan fingerprint density at radius 3 is 2.54 bits per heavy atom. The van der Waals surface area contributed by atoms with E-state index in [4.69, 9.17) is 9.47 Å². The molecule has 2 aromatic rings. The number of ether oxygens (including phenoxy) is 2. The van der Waals surface area contributed by atoms with E-state index in [-0.39, 0.29) is 11.3 Å². The molecule has 0 bridgehead atoms. The number of methoxy groups -OCH3 is 1. The van der Waals surface area contributed by atoms with Gasteiger partial charge < -0.3 is 14.0 Å². The number of aromatic nitrogens is 1. The van der Waals surface area contributed by atoms with Crippen molar-refractivity contribution in [3.8, 4) is 11.5 Å². The number of benzene rings is 1. The van der Waals surface area contributed by atoms with E-state index in [1.165, 1.54) is 15.9 Å². The lowest BCUT2D eigenvalue weighted by Crippen LogP contribution is -2.30. The summed E-state index contributed by atoms with van der Waals surface area (Å²) in [5.41, 5.74) is 0.223. The van der Waals surface area contributed by atoms with Crippen molar-refractivity contribution in [1.82, 2.24) is 4.57 Å². The van der Waals surface area contributed by atoms with Gasteiger partial charge in [-0.05, 0) is 30.7 Å². The van der Waals surface area contributed by atoms with Gasteiger partial charge in [-0.2, -0.15) is 0 Å². The van der Waals surface area contributed by atoms with Crippen LogP contribution in [0.5, 0.6) is 11.5 Å². The summed E-state index contributed by atoms with van der Waals surface area (Å²) in [5.74, 6) is 1.27. The van der Waals surface area contributed by atoms with Crippen LogP contribution in [0.15, 0.2) is 23.0 Å². The summed E-state index contributed by atoms with van der Waals surface area (Å²) in [6.07, 6.45) is 3.34. The Morgan fingerprint density at radius 2 is 1.96 bits per heavy atom. The Morgan fingerprint density at radius 1 is 1.27 bits per heavy atom. The van der Waals surface area contributed by atoms with Gasteiger partial charge in [0.15, 0.2) is 17.3 Å². The van der Waals surface area contributed by atoms with Crippen LogP contribution in [0.4, 0.5) is 0 Å². The second kappa shape index (κ2) is 7.91. The first-order valence-electron chi connectivity index (χ1n) is 8.42. The molecule has 0 saturated heterocycles. The van der Waals surface area contributed by atoms with Crippen molar-refractivity contribution in [1.29, 1.82) is 0 Å². The minimum atomic E-state index is -0.480. The molecule has 2 rings (SSSR count). The molecular weight excluding hydrogens is 350 g/mol. The van der Waals surface area contributed by atoms with Gasteiger partial charge in [0.1, 0.15) is 4.66 Å². The summed E-state index contributed by atoms with van der Waals surface area (Å²) in [6.45, 7) is 8.03. The molecule has 0 unspecified atom stereocenters. The lowest BCUT2D eigenvalue weighted by atomic mass is 9.91. The number of carbonyl (C=O) groups excluding carboxylic acids is 1. The third-order valence-corrected chi connectivity index (χ3v) is 4.95. The lowest BCUT2D eigenvalue weighted by Gasteiger charge is -2.12. The number of nitrogens with zero attached hydrogens (tertiary/aromatic N) is 1. The number of ketones is 1. The highest BCUT2D eigenvalue weighted by molar-refractivity contribution is 7.07. The highest BCUT2D eigenvalue weighted by atomic mass is 32.1. The van der Waals surface area contributed by atoms with Gasteiger partial charge in [-0.3, -0.25) is 9.59 Å². The molecule has 0 aliphatic heterocycles. The molecule has 26 heavy (non-hydrogen) atoms. The molecule has 140 valence electrons. The second-order valence-electron chi connectivity index (χ2n) is 6.91. The third kappa shape index (κ3) is 4.43. The average Bonchev–Trinajstić information content (AvgIpc) is 2.83. The molecular formula is C20H25NO4S. The Balaban J connectivity index is 2.54. The predicted octanol–water partition coefficient (Wildman–Crippen LogP) is 2.08. The first kappa shape index (κ1) is 20.0. The molecule has 0 aliphatic rings. The van der Waals surface area contributed by atoms with Gasteiger partial charge in [-0.1, -0.05) is 26.8 Å². The minimum Gasteiger partial charge on any atom is -0.493 e. The largest absolute Gasteiger partial charge is 0.493 e. The van der Waals surface area contributed by atoms with Crippen LogP contribution in [0.2, 0.25) is 0 Å². The number of thiazole rings is 1. The van der Waals surface area contributed by atoms with Crippen LogP contribution in [-0.2, 0) is 11.8 Å². The van der Waals surface area contributed by atoms with E-state index < -0.39 is 5.41 Å². The molecule has 0 amide bonds. The van der Waals surface area contributed by atoms with E-state index in [0.717, 1.165) is 5.56 Å². The number of hydrogen-bond acceptors (Lipinski definition) is 5. The Labute approximate surface area is 157 Å². The summed E-state index contributed by atoms with van der Waals surface area (Å²) in [4.78, 5) is 24.7. The fraction of sp³-hybridized carbons (Fsp3) is 0.400. The maximum Gasteiger partial charge on any atom is 0.268 e. The van der Waals surface area contributed by atoms with Crippen LogP contribution in [0, 0.1) is 5.41 Å². The maximum absolute atomic E-state index is 12.5. The normalized spacial score (nSPS) is 13.2. The zero-order valence-electron chi connectivity index (χ0n) is 16.1. The molecule has 1 aromatic heterocycles. The van der Waals surface area contributed by atoms with Crippen molar-refractivity contribution in [3.05, 3.63) is 43.3 Å². The molecule has 1 heterocycles. The van der Waals surface area contributed by atoms with Gasteiger partial charge in [0.2, 0.25) is 0 Å². The van der Waals surface area contributed by atoms with Crippen molar-refractivity contribution in [3.63, 3.8) is 0 Å².